The fourth-order valence-corrected chi connectivity index (χ4v) is 7.91. The van der Waals surface area contributed by atoms with Gasteiger partial charge in [0.15, 0.2) is 5.58 Å². The van der Waals surface area contributed by atoms with Gasteiger partial charge in [0.05, 0.1) is 0 Å². The first kappa shape index (κ1) is 31.7. The molecule has 0 spiro atoms. The Bertz CT molecular complexity index is 2830. The maximum Gasteiger partial charge on any atom is 0.227 e. The molecule has 3 heteroatoms. The van der Waals surface area contributed by atoms with Gasteiger partial charge in [-0.3, -0.25) is 0 Å². The minimum absolute atomic E-state index is 0.337. The highest BCUT2D eigenvalue weighted by atomic mass is 16.3. The lowest BCUT2D eigenvalue weighted by Gasteiger charge is -2.29. The Labute approximate surface area is 314 Å². The number of fused-ring (bicyclic) bond motifs is 4. The monoisotopic (exact) mass is 692 g/mol. The number of hydrogen-bond donors (Lipinski definition) is 0. The molecule has 256 valence electrons. The van der Waals surface area contributed by atoms with Crippen molar-refractivity contribution in [3.8, 4) is 33.7 Å². The summed E-state index contributed by atoms with van der Waals surface area (Å²) in [5.74, 6) is 0.970. The van der Waals surface area contributed by atoms with Gasteiger partial charge < -0.3 is 9.32 Å². The summed E-state index contributed by atoms with van der Waals surface area (Å²) in [5, 5.41) is 4.85. The highest BCUT2D eigenvalue weighted by Crippen LogP contribution is 2.40. The quantitative estimate of drug-likeness (QED) is 0.166. The van der Waals surface area contributed by atoms with Crippen molar-refractivity contribution >= 4 is 44.0 Å². The summed E-state index contributed by atoms with van der Waals surface area (Å²) in [5.41, 5.74) is 11.9. The number of aromatic nitrogens is 1. The topological polar surface area (TPSA) is 29.3 Å². The normalized spacial score (nSPS) is 14.1. The zero-order valence-corrected chi connectivity index (χ0v) is 29.6. The fraction of sp³-hybridized carbons (Fsp3) is 0.0392. The van der Waals surface area contributed by atoms with E-state index in [-0.39, 0.29) is 0 Å². The van der Waals surface area contributed by atoms with Crippen molar-refractivity contribution in [3.05, 3.63) is 211 Å². The first-order chi connectivity index (χ1) is 26.8. The van der Waals surface area contributed by atoms with E-state index in [1.54, 1.807) is 0 Å². The Balaban J connectivity index is 0.952. The summed E-state index contributed by atoms with van der Waals surface area (Å²) < 4.78 is 6.50. The van der Waals surface area contributed by atoms with Crippen molar-refractivity contribution < 1.29 is 4.42 Å². The van der Waals surface area contributed by atoms with Gasteiger partial charge in [0.2, 0.25) is 5.89 Å². The Morgan fingerprint density at radius 1 is 0.519 bits per heavy atom. The van der Waals surface area contributed by atoms with Crippen LogP contribution in [-0.4, -0.2) is 4.98 Å². The molecule has 1 aliphatic rings. The molecule has 0 saturated heterocycles. The molecule has 1 atom stereocenters. The Hall–Kier alpha value is -6.97. The van der Waals surface area contributed by atoms with Gasteiger partial charge in [0.25, 0.3) is 0 Å². The van der Waals surface area contributed by atoms with E-state index in [4.69, 9.17) is 9.40 Å². The van der Waals surface area contributed by atoms with E-state index >= 15 is 0 Å². The zero-order chi connectivity index (χ0) is 35.8. The molecule has 0 aliphatic heterocycles. The molecule has 0 fully saturated rings. The van der Waals surface area contributed by atoms with Crippen molar-refractivity contribution in [1.82, 2.24) is 4.98 Å². The lowest BCUT2D eigenvalue weighted by Crippen LogP contribution is -2.17. The van der Waals surface area contributed by atoms with E-state index in [1.165, 1.54) is 22.0 Å². The van der Waals surface area contributed by atoms with Gasteiger partial charge in [0, 0.05) is 39.5 Å². The van der Waals surface area contributed by atoms with Crippen molar-refractivity contribution in [2.45, 2.75) is 12.3 Å². The highest BCUT2D eigenvalue weighted by molar-refractivity contribution is 6.10. The molecule has 3 nitrogen and oxygen atoms in total. The van der Waals surface area contributed by atoms with Crippen LogP contribution in [-0.2, 0) is 0 Å². The van der Waals surface area contributed by atoms with Gasteiger partial charge in [0.1, 0.15) is 5.52 Å². The third-order valence-corrected chi connectivity index (χ3v) is 10.6. The molecule has 0 bridgehead atoms. The van der Waals surface area contributed by atoms with E-state index in [0.717, 1.165) is 67.5 Å². The standard InChI is InChI=1S/C51H36N2O/c1-3-13-40(14-4-1)51-52-49-47-20-10-8-15-41(47)34-48(50(49)54-51)39-24-22-35(23-25-39)36-26-30-43(31-27-36)53(42-17-5-2-6-18-42)44-32-28-38(29-33-44)46-21-11-16-37-12-7-9-19-45(37)46/h1-28,30-34,38H,29H2. The van der Waals surface area contributed by atoms with Gasteiger partial charge in [-0.1, -0.05) is 152 Å². The first-order valence-electron chi connectivity index (χ1n) is 18.6. The first-order valence-corrected chi connectivity index (χ1v) is 18.6. The van der Waals surface area contributed by atoms with Crippen molar-refractivity contribution in [3.63, 3.8) is 0 Å². The highest BCUT2D eigenvalue weighted by Gasteiger charge is 2.20. The molecule has 9 aromatic rings. The molecular weight excluding hydrogens is 657 g/mol. The lowest BCUT2D eigenvalue weighted by molar-refractivity contribution is 0.621. The summed E-state index contributed by atoms with van der Waals surface area (Å²) in [6.07, 6.45) is 7.98. The van der Waals surface area contributed by atoms with Crippen LogP contribution < -0.4 is 4.90 Å². The van der Waals surface area contributed by atoms with Crippen LogP contribution in [0.15, 0.2) is 210 Å². The predicted molar refractivity (Wildman–Crippen MR) is 225 cm³/mol. The van der Waals surface area contributed by atoms with E-state index < -0.39 is 0 Å². The van der Waals surface area contributed by atoms with Crippen LogP contribution in [0.5, 0.6) is 0 Å². The average molecular weight is 693 g/mol. The van der Waals surface area contributed by atoms with Gasteiger partial charge in [-0.2, -0.15) is 0 Å². The molecule has 8 aromatic carbocycles. The lowest BCUT2D eigenvalue weighted by atomic mass is 9.88. The molecule has 1 unspecified atom stereocenters. The second-order valence-corrected chi connectivity index (χ2v) is 13.9. The summed E-state index contributed by atoms with van der Waals surface area (Å²) in [6.45, 7) is 0. The maximum atomic E-state index is 6.50. The SMILES string of the molecule is C1=CC(c2cccc3ccccc23)CC=C1N(c1ccccc1)c1ccc(-c2ccc(-c3cc4ccccc4c4nc(-c5ccccc5)oc34)cc2)cc1. The number of para-hydroxylation sites is 1. The fourth-order valence-electron chi connectivity index (χ4n) is 7.91. The summed E-state index contributed by atoms with van der Waals surface area (Å²) >= 11 is 0. The van der Waals surface area contributed by atoms with Gasteiger partial charge in [-0.05, 0) is 93.4 Å². The molecule has 1 heterocycles. The number of nitrogens with zero attached hydrogens (tertiary/aromatic N) is 2. The van der Waals surface area contributed by atoms with Crippen LogP contribution in [0.1, 0.15) is 17.9 Å². The third-order valence-electron chi connectivity index (χ3n) is 10.6. The average Bonchev–Trinajstić information content (AvgIpc) is 3.71. The zero-order valence-electron chi connectivity index (χ0n) is 29.6. The number of hydrogen-bond acceptors (Lipinski definition) is 3. The number of anilines is 2. The molecule has 54 heavy (non-hydrogen) atoms. The summed E-state index contributed by atoms with van der Waals surface area (Å²) in [6, 6.07) is 64.4. The van der Waals surface area contributed by atoms with E-state index in [9.17, 15) is 0 Å². The predicted octanol–water partition coefficient (Wildman–Crippen LogP) is 13.9. The van der Waals surface area contributed by atoms with Crippen LogP contribution in [0.25, 0.3) is 66.4 Å². The number of allylic oxidation sites excluding steroid dienone is 3. The Morgan fingerprint density at radius 3 is 1.87 bits per heavy atom. The minimum Gasteiger partial charge on any atom is -0.435 e. The number of oxazole rings is 1. The Kier molecular flexibility index (Phi) is 7.96. The molecule has 1 aliphatic carbocycles. The third kappa shape index (κ3) is 5.77. The summed E-state index contributed by atoms with van der Waals surface area (Å²) in [4.78, 5) is 7.35. The van der Waals surface area contributed by atoms with E-state index in [0.29, 0.717) is 11.8 Å². The largest absolute Gasteiger partial charge is 0.435 e. The van der Waals surface area contributed by atoms with Crippen LogP contribution >= 0.6 is 0 Å². The molecule has 10 rings (SSSR count). The summed E-state index contributed by atoms with van der Waals surface area (Å²) in [7, 11) is 0. The van der Waals surface area contributed by atoms with Crippen LogP contribution in [0.3, 0.4) is 0 Å². The van der Waals surface area contributed by atoms with Crippen molar-refractivity contribution in [2.75, 3.05) is 4.90 Å². The van der Waals surface area contributed by atoms with Crippen molar-refractivity contribution in [2.24, 2.45) is 0 Å². The smallest absolute Gasteiger partial charge is 0.227 e. The van der Waals surface area contributed by atoms with Crippen molar-refractivity contribution in [1.29, 1.82) is 0 Å². The molecular formula is C51H36N2O. The molecule has 1 aromatic heterocycles. The number of rotatable bonds is 7. The molecule has 0 amide bonds. The minimum atomic E-state index is 0.337. The van der Waals surface area contributed by atoms with Crippen LogP contribution in [0.4, 0.5) is 11.4 Å². The van der Waals surface area contributed by atoms with Crippen LogP contribution in [0.2, 0.25) is 0 Å². The molecule has 0 radical (unpaired) electrons. The molecule has 0 saturated carbocycles. The van der Waals surface area contributed by atoms with Crippen LogP contribution in [0, 0.1) is 0 Å². The second kappa shape index (κ2) is 13.5. The molecule has 0 N–H and O–H groups in total. The van der Waals surface area contributed by atoms with Gasteiger partial charge in [-0.15, -0.1) is 0 Å². The number of benzene rings is 8. The Morgan fingerprint density at radius 2 is 1.13 bits per heavy atom. The second-order valence-electron chi connectivity index (χ2n) is 13.9. The maximum absolute atomic E-state index is 6.50. The van der Waals surface area contributed by atoms with Gasteiger partial charge >= 0.3 is 0 Å². The van der Waals surface area contributed by atoms with E-state index in [1.807, 2.05) is 30.3 Å². The van der Waals surface area contributed by atoms with Gasteiger partial charge in [-0.25, -0.2) is 4.98 Å². The van der Waals surface area contributed by atoms with E-state index in [2.05, 4.69) is 175 Å².